The normalized spacial score (nSPS) is 12.5. The number of ether oxygens (including phenoxy) is 1. The van der Waals surface area contributed by atoms with Gasteiger partial charge in [0.15, 0.2) is 0 Å². The summed E-state index contributed by atoms with van der Waals surface area (Å²) in [7, 11) is 0. The lowest BCUT2D eigenvalue weighted by molar-refractivity contribution is 0.128. The van der Waals surface area contributed by atoms with Crippen LogP contribution in [0.3, 0.4) is 0 Å². The average Bonchev–Trinajstić information content (AvgIpc) is 2.05. The second-order valence-corrected chi connectivity index (χ2v) is 2.29. The molecule has 1 unspecified atom stereocenters. The van der Waals surface area contributed by atoms with Crippen molar-refractivity contribution in [3.63, 3.8) is 0 Å². The van der Waals surface area contributed by atoms with Gasteiger partial charge in [0.25, 0.3) is 0 Å². The average molecular weight is 156 g/mol. The van der Waals surface area contributed by atoms with Gasteiger partial charge in [0.1, 0.15) is 0 Å². The van der Waals surface area contributed by atoms with Crippen LogP contribution in [0.2, 0.25) is 0 Å². The summed E-state index contributed by atoms with van der Waals surface area (Å²) < 4.78 is 5.23. The molecule has 0 aromatic rings. The molecule has 0 spiro atoms. The van der Waals surface area contributed by atoms with Crippen LogP contribution in [0.1, 0.15) is 19.8 Å². The molecule has 0 rings (SSSR count). The molecule has 0 saturated carbocycles. The van der Waals surface area contributed by atoms with Gasteiger partial charge in [-0.1, -0.05) is 12.8 Å². The first-order valence-corrected chi connectivity index (χ1v) is 3.85. The van der Waals surface area contributed by atoms with E-state index >= 15 is 0 Å². The molecule has 0 radical (unpaired) electrons. The van der Waals surface area contributed by atoms with Crippen molar-refractivity contribution in [2.75, 3.05) is 13.2 Å². The summed E-state index contributed by atoms with van der Waals surface area (Å²) in [6.07, 6.45) is 6.96. The lowest BCUT2D eigenvalue weighted by Crippen LogP contribution is -2.34. The Bertz CT molecular complexity index is 120. The number of hydrazine groups is 1. The van der Waals surface area contributed by atoms with Gasteiger partial charge in [-0.15, -0.1) is 6.42 Å². The molecule has 0 aromatic carbocycles. The molecule has 64 valence electrons. The minimum absolute atomic E-state index is 0.0631. The number of nitrogens with one attached hydrogen (secondary N) is 1. The van der Waals surface area contributed by atoms with E-state index in [9.17, 15) is 0 Å². The number of nitrogens with two attached hydrogens (primary N) is 1. The molecule has 3 N–H and O–H groups in total. The Morgan fingerprint density at radius 3 is 2.82 bits per heavy atom. The van der Waals surface area contributed by atoms with Crippen molar-refractivity contribution in [1.29, 1.82) is 0 Å². The Morgan fingerprint density at radius 2 is 2.36 bits per heavy atom. The van der Waals surface area contributed by atoms with Gasteiger partial charge in [-0.2, -0.15) is 0 Å². The fourth-order valence-corrected chi connectivity index (χ4v) is 0.662. The van der Waals surface area contributed by atoms with Crippen molar-refractivity contribution >= 4 is 0 Å². The summed E-state index contributed by atoms with van der Waals surface area (Å²) in [6.45, 7) is 3.54. The number of rotatable bonds is 6. The summed E-state index contributed by atoms with van der Waals surface area (Å²) in [5, 5.41) is 0. The summed E-state index contributed by atoms with van der Waals surface area (Å²) in [5.74, 6) is 7.66. The topological polar surface area (TPSA) is 47.3 Å². The zero-order chi connectivity index (χ0) is 8.53. The predicted octanol–water partition coefficient (Wildman–Crippen LogP) is 0.268. The predicted molar refractivity (Wildman–Crippen MR) is 45.7 cm³/mol. The van der Waals surface area contributed by atoms with Crippen LogP contribution in [-0.2, 0) is 4.74 Å². The summed E-state index contributed by atoms with van der Waals surface area (Å²) in [6, 6.07) is -0.0631. The van der Waals surface area contributed by atoms with Crippen LogP contribution in [0.15, 0.2) is 0 Å². The van der Waals surface area contributed by atoms with Crippen LogP contribution in [0.5, 0.6) is 0 Å². The second kappa shape index (κ2) is 7.55. The minimum Gasteiger partial charge on any atom is -0.381 e. The zero-order valence-corrected chi connectivity index (χ0v) is 6.97. The van der Waals surface area contributed by atoms with Crippen molar-refractivity contribution in [2.45, 2.75) is 25.8 Å². The van der Waals surface area contributed by atoms with Gasteiger partial charge >= 0.3 is 0 Å². The highest BCUT2D eigenvalue weighted by molar-refractivity contribution is 4.97. The Labute approximate surface area is 68.3 Å². The maximum absolute atomic E-state index is 5.23. The molecule has 0 aliphatic rings. The highest BCUT2D eigenvalue weighted by Gasteiger charge is 1.99. The number of hydrogen-bond donors (Lipinski definition) is 2. The van der Waals surface area contributed by atoms with Crippen LogP contribution in [0, 0.1) is 12.3 Å². The molecule has 0 amide bonds. The third-order valence-electron chi connectivity index (χ3n) is 1.30. The Kier molecular flexibility index (Phi) is 7.16. The monoisotopic (exact) mass is 156 g/mol. The molecule has 0 heterocycles. The van der Waals surface area contributed by atoms with Crippen molar-refractivity contribution in [2.24, 2.45) is 5.84 Å². The van der Waals surface area contributed by atoms with Crippen LogP contribution in [-0.4, -0.2) is 19.3 Å². The van der Waals surface area contributed by atoms with Gasteiger partial charge in [0.2, 0.25) is 0 Å². The fraction of sp³-hybridized carbons (Fsp3) is 0.750. The molecule has 0 aromatic heterocycles. The molecule has 0 aliphatic carbocycles. The first-order chi connectivity index (χ1) is 5.35. The molecule has 11 heavy (non-hydrogen) atoms. The van der Waals surface area contributed by atoms with Crippen molar-refractivity contribution < 1.29 is 4.74 Å². The van der Waals surface area contributed by atoms with Crippen LogP contribution >= 0.6 is 0 Å². The van der Waals surface area contributed by atoms with Gasteiger partial charge in [-0.3, -0.25) is 5.84 Å². The first-order valence-electron chi connectivity index (χ1n) is 3.85. The third-order valence-corrected chi connectivity index (χ3v) is 1.30. The van der Waals surface area contributed by atoms with Crippen LogP contribution in [0.4, 0.5) is 0 Å². The van der Waals surface area contributed by atoms with Gasteiger partial charge in [0.05, 0.1) is 6.04 Å². The number of hydrogen-bond acceptors (Lipinski definition) is 3. The number of terminal acetylenes is 1. The van der Waals surface area contributed by atoms with Gasteiger partial charge in [0, 0.05) is 13.2 Å². The Hall–Kier alpha value is -0.560. The van der Waals surface area contributed by atoms with E-state index < -0.39 is 0 Å². The lowest BCUT2D eigenvalue weighted by Gasteiger charge is -2.08. The molecule has 3 nitrogen and oxygen atoms in total. The van der Waals surface area contributed by atoms with Gasteiger partial charge < -0.3 is 4.74 Å². The molecule has 0 aliphatic heterocycles. The lowest BCUT2D eigenvalue weighted by atomic mass is 10.2. The fourth-order valence-electron chi connectivity index (χ4n) is 0.662. The maximum Gasteiger partial charge on any atom is 0.0836 e. The smallest absolute Gasteiger partial charge is 0.0836 e. The van der Waals surface area contributed by atoms with E-state index in [-0.39, 0.29) is 6.04 Å². The highest BCUT2D eigenvalue weighted by Crippen LogP contribution is 1.90. The van der Waals surface area contributed by atoms with E-state index in [2.05, 4.69) is 18.3 Å². The van der Waals surface area contributed by atoms with Crippen LogP contribution < -0.4 is 11.3 Å². The summed E-state index contributed by atoms with van der Waals surface area (Å²) >= 11 is 0. The molecule has 3 heteroatoms. The van der Waals surface area contributed by atoms with E-state index in [1.165, 1.54) is 0 Å². The van der Waals surface area contributed by atoms with Crippen LogP contribution in [0.25, 0.3) is 0 Å². The molecule has 0 fully saturated rings. The Morgan fingerprint density at radius 1 is 1.64 bits per heavy atom. The largest absolute Gasteiger partial charge is 0.381 e. The minimum atomic E-state index is -0.0631. The highest BCUT2D eigenvalue weighted by atomic mass is 16.5. The molecular formula is C8H16N2O. The SMILES string of the molecule is C#CC(CCOCCC)NN. The van der Waals surface area contributed by atoms with Gasteiger partial charge in [-0.05, 0) is 12.8 Å². The van der Waals surface area contributed by atoms with Gasteiger partial charge in [-0.25, -0.2) is 5.43 Å². The van der Waals surface area contributed by atoms with Crippen molar-refractivity contribution in [3.05, 3.63) is 0 Å². The summed E-state index contributed by atoms with van der Waals surface area (Å²) in [4.78, 5) is 0. The third kappa shape index (κ3) is 5.86. The van der Waals surface area contributed by atoms with Crippen molar-refractivity contribution in [1.82, 2.24) is 5.43 Å². The zero-order valence-electron chi connectivity index (χ0n) is 6.97. The quantitative estimate of drug-likeness (QED) is 0.251. The molecule has 0 bridgehead atoms. The standard InChI is InChI=1S/C8H16N2O/c1-3-6-11-7-5-8(4-2)10-9/h2,8,10H,3,5-7,9H2,1H3. The molecular weight excluding hydrogens is 140 g/mol. The molecule has 1 atom stereocenters. The molecule has 0 saturated heterocycles. The van der Waals surface area contributed by atoms with E-state index in [1.54, 1.807) is 0 Å². The van der Waals surface area contributed by atoms with E-state index in [1.807, 2.05) is 0 Å². The van der Waals surface area contributed by atoms with E-state index in [0.717, 1.165) is 19.4 Å². The van der Waals surface area contributed by atoms with E-state index in [4.69, 9.17) is 17.0 Å². The second-order valence-electron chi connectivity index (χ2n) is 2.29. The first kappa shape index (κ1) is 10.4. The summed E-state index contributed by atoms with van der Waals surface area (Å²) in [5.41, 5.74) is 2.51. The van der Waals surface area contributed by atoms with E-state index in [0.29, 0.717) is 6.61 Å². The Balaban J connectivity index is 3.16. The van der Waals surface area contributed by atoms with Crippen molar-refractivity contribution in [3.8, 4) is 12.3 Å². The maximum atomic E-state index is 5.23.